The number of hydrogen-bond donors (Lipinski definition) is 3. The molecule has 0 spiro atoms. The number of benzene rings is 1. The Morgan fingerprint density at radius 1 is 1.44 bits per heavy atom. The quantitative estimate of drug-likeness (QED) is 0.345. The molecular formula is C17H18FIN2O4. The zero-order valence-electron chi connectivity index (χ0n) is 13.7. The second kappa shape index (κ2) is 8.54. The fourth-order valence-electron chi connectivity index (χ4n) is 2.39. The van der Waals surface area contributed by atoms with Gasteiger partial charge in [0.15, 0.2) is 5.78 Å². The molecule has 134 valence electrons. The molecule has 6 nitrogen and oxygen atoms in total. The molecule has 0 aliphatic heterocycles. The molecule has 0 radical (unpaired) electrons. The molecule has 0 heterocycles. The standard InChI is InChI=1S/C17H18FIN2O4/c1-9-7-12(17(24)21-25-6-5-22)15(10(2)16(9)23)20-14-4-3-11(19)8-13(14)18/h3-4,7-8,10,20,22H,5-6H2,1-2H3,(H,21,24). The summed E-state index contributed by atoms with van der Waals surface area (Å²) in [6.07, 6.45) is 1.44. The number of hydroxylamine groups is 1. The van der Waals surface area contributed by atoms with Gasteiger partial charge >= 0.3 is 0 Å². The van der Waals surface area contributed by atoms with E-state index in [1.807, 2.05) is 22.6 Å². The topological polar surface area (TPSA) is 87.7 Å². The van der Waals surface area contributed by atoms with E-state index in [0.29, 0.717) is 11.3 Å². The third kappa shape index (κ3) is 4.65. The fraction of sp³-hybridized carbons (Fsp3) is 0.294. The molecule has 8 heteroatoms. The Kier molecular flexibility index (Phi) is 6.68. The van der Waals surface area contributed by atoms with Crippen LogP contribution in [0, 0.1) is 15.3 Å². The Hall–Kier alpha value is -1.78. The van der Waals surface area contributed by atoms with Gasteiger partial charge < -0.3 is 10.4 Å². The number of halogens is 2. The van der Waals surface area contributed by atoms with Crippen molar-refractivity contribution in [3.05, 3.63) is 50.5 Å². The minimum atomic E-state index is -0.637. The highest BCUT2D eigenvalue weighted by Crippen LogP contribution is 2.29. The Labute approximate surface area is 158 Å². The molecule has 1 amide bonds. The lowest BCUT2D eigenvalue weighted by Gasteiger charge is -2.24. The van der Waals surface area contributed by atoms with E-state index in [1.165, 1.54) is 12.1 Å². The number of nitrogens with one attached hydrogen (secondary N) is 2. The predicted molar refractivity (Wildman–Crippen MR) is 98.9 cm³/mol. The summed E-state index contributed by atoms with van der Waals surface area (Å²) in [7, 11) is 0. The summed E-state index contributed by atoms with van der Waals surface area (Å²) in [4.78, 5) is 29.4. The summed E-state index contributed by atoms with van der Waals surface area (Å²) in [6, 6.07) is 4.61. The van der Waals surface area contributed by atoms with E-state index in [1.54, 1.807) is 26.0 Å². The van der Waals surface area contributed by atoms with Gasteiger partial charge in [-0.2, -0.15) is 0 Å². The van der Waals surface area contributed by atoms with Gasteiger partial charge in [-0.15, -0.1) is 0 Å². The van der Waals surface area contributed by atoms with E-state index >= 15 is 0 Å². The van der Waals surface area contributed by atoms with E-state index in [-0.39, 0.29) is 30.3 Å². The lowest BCUT2D eigenvalue weighted by atomic mass is 9.87. The van der Waals surface area contributed by atoms with Crippen LogP contribution >= 0.6 is 22.6 Å². The van der Waals surface area contributed by atoms with Gasteiger partial charge in [0.05, 0.1) is 30.4 Å². The molecule has 0 bridgehead atoms. The molecular weight excluding hydrogens is 442 g/mol. The van der Waals surface area contributed by atoms with Crippen molar-refractivity contribution in [2.24, 2.45) is 5.92 Å². The molecule has 1 aliphatic carbocycles. The summed E-state index contributed by atoms with van der Waals surface area (Å²) >= 11 is 1.99. The third-order valence-corrected chi connectivity index (χ3v) is 4.34. The van der Waals surface area contributed by atoms with Crippen LogP contribution in [-0.4, -0.2) is 30.0 Å². The van der Waals surface area contributed by atoms with E-state index in [2.05, 4.69) is 10.8 Å². The summed E-state index contributed by atoms with van der Waals surface area (Å²) in [6.45, 7) is 2.95. The van der Waals surface area contributed by atoms with Crippen molar-refractivity contribution >= 4 is 40.0 Å². The van der Waals surface area contributed by atoms with Crippen molar-refractivity contribution in [2.45, 2.75) is 13.8 Å². The van der Waals surface area contributed by atoms with Gasteiger partial charge in [0.25, 0.3) is 5.91 Å². The largest absolute Gasteiger partial charge is 0.394 e. The molecule has 0 saturated heterocycles. The average Bonchev–Trinajstić information content (AvgIpc) is 2.57. The molecule has 1 unspecified atom stereocenters. The first-order valence-electron chi connectivity index (χ1n) is 7.57. The van der Waals surface area contributed by atoms with Crippen molar-refractivity contribution in [1.82, 2.24) is 5.48 Å². The minimum Gasteiger partial charge on any atom is -0.394 e. The Morgan fingerprint density at radius 3 is 2.80 bits per heavy atom. The maximum Gasteiger partial charge on any atom is 0.276 e. The second-order valence-electron chi connectivity index (χ2n) is 5.49. The number of amides is 1. The minimum absolute atomic E-state index is 0.0648. The molecule has 0 fully saturated rings. The van der Waals surface area contributed by atoms with Crippen LogP contribution in [0.3, 0.4) is 0 Å². The van der Waals surface area contributed by atoms with Crippen LogP contribution in [0.15, 0.2) is 41.1 Å². The molecule has 3 N–H and O–H groups in total. The fourth-order valence-corrected chi connectivity index (χ4v) is 2.84. The number of aliphatic hydroxyl groups is 1. The Morgan fingerprint density at radius 2 is 2.16 bits per heavy atom. The molecule has 1 aliphatic rings. The molecule has 0 saturated carbocycles. The van der Waals surface area contributed by atoms with Crippen molar-refractivity contribution in [3.8, 4) is 0 Å². The zero-order valence-corrected chi connectivity index (χ0v) is 15.9. The molecule has 25 heavy (non-hydrogen) atoms. The monoisotopic (exact) mass is 460 g/mol. The van der Waals surface area contributed by atoms with Crippen molar-refractivity contribution in [2.75, 3.05) is 18.5 Å². The van der Waals surface area contributed by atoms with Gasteiger partial charge in [-0.3, -0.25) is 14.4 Å². The predicted octanol–water partition coefficient (Wildman–Crippen LogP) is 2.30. The average molecular weight is 460 g/mol. The Balaban J connectivity index is 2.39. The van der Waals surface area contributed by atoms with Gasteiger partial charge in [0.1, 0.15) is 5.82 Å². The summed E-state index contributed by atoms with van der Waals surface area (Å²) < 4.78 is 14.9. The lowest BCUT2D eigenvalue weighted by molar-refractivity contribution is -0.130. The number of Topliss-reactive ketones (excluding diaryl/α,β-unsaturated/α-hetero) is 1. The number of rotatable bonds is 6. The Bertz CT molecular complexity index is 761. The molecule has 2 rings (SSSR count). The number of aliphatic hydroxyl groups excluding tert-OH is 1. The van der Waals surface area contributed by atoms with Crippen molar-refractivity contribution < 1.29 is 23.9 Å². The number of carbonyl (C=O) groups is 2. The highest BCUT2D eigenvalue weighted by molar-refractivity contribution is 14.1. The molecule has 1 atom stereocenters. The van der Waals surface area contributed by atoms with E-state index in [4.69, 9.17) is 9.94 Å². The van der Waals surface area contributed by atoms with Crippen LogP contribution in [-0.2, 0) is 14.4 Å². The zero-order chi connectivity index (χ0) is 18.6. The van der Waals surface area contributed by atoms with Crippen LogP contribution in [0.5, 0.6) is 0 Å². The molecule has 0 aromatic heterocycles. The highest BCUT2D eigenvalue weighted by atomic mass is 127. The van der Waals surface area contributed by atoms with Gasteiger partial charge in [-0.05, 0) is 66.3 Å². The van der Waals surface area contributed by atoms with Crippen LogP contribution in [0.2, 0.25) is 0 Å². The normalized spacial score (nSPS) is 17.4. The second-order valence-corrected chi connectivity index (χ2v) is 6.74. The summed E-state index contributed by atoms with van der Waals surface area (Å²) in [5.41, 5.74) is 3.27. The van der Waals surface area contributed by atoms with Gasteiger partial charge in [-0.1, -0.05) is 0 Å². The third-order valence-electron chi connectivity index (χ3n) is 3.67. The van der Waals surface area contributed by atoms with E-state index in [9.17, 15) is 14.0 Å². The van der Waals surface area contributed by atoms with Crippen LogP contribution < -0.4 is 10.8 Å². The SMILES string of the molecule is CC1=CC(C(=O)NOCCO)=C(Nc2ccc(I)cc2F)C(C)C1=O. The van der Waals surface area contributed by atoms with Crippen molar-refractivity contribution in [3.63, 3.8) is 0 Å². The number of allylic oxidation sites excluding steroid dienone is 2. The lowest BCUT2D eigenvalue weighted by Crippen LogP contribution is -2.33. The first-order valence-corrected chi connectivity index (χ1v) is 8.64. The molecule has 1 aromatic carbocycles. The number of carbonyl (C=O) groups excluding carboxylic acids is 2. The number of hydrogen-bond acceptors (Lipinski definition) is 5. The summed E-state index contributed by atoms with van der Waals surface area (Å²) in [5.74, 6) is -1.86. The maximum absolute atomic E-state index is 14.1. The number of anilines is 1. The summed E-state index contributed by atoms with van der Waals surface area (Å²) in [5, 5.41) is 11.6. The first-order chi connectivity index (χ1) is 11.8. The van der Waals surface area contributed by atoms with Gasteiger partial charge in [-0.25, -0.2) is 9.87 Å². The smallest absolute Gasteiger partial charge is 0.276 e. The van der Waals surface area contributed by atoms with Crippen LogP contribution in [0.4, 0.5) is 10.1 Å². The highest BCUT2D eigenvalue weighted by Gasteiger charge is 2.30. The van der Waals surface area contributed by atoms with Crippen LogP contribution in [0.1, 0.15) is 13.8 Å². The van der Waals surface area contributed by atoms with E-state index in [0.717, 1.165) is 3.57 Å². The first kappa shape index (κ1) is 19.5. The van der Waals surface area contributed by atoms with Crippen molar-refractivity contribution in [1.29, 1.82) is 0 Å². The van der Waals surface area contributed by atoms with Gasteiger partial charge in [0.2, 0.25) is 0 Å². The van der Waals surface area contributed by atoms with E-state index < -0.39 is 17.6 Å². The maximum atomic E-state index is 14.1. The molecule has 1 aromatic rings. The number of ketones is 1. The van der Waals surface area contributed by atoms with Crippen LogP contribution in [0.25, 0.3) is 0 Å². The van der Waals surface area contributed by atoms with Gasteiger partial charge in [0, 0.05) is 9.27 Å².